The van der Waals surface area contributed by atoms with E-state index >= 15 is 0 Å². The Kier molecular flexibility index (Phi) is 2.54. The summed E-state index contributed by atoms with van der Waals surface area (Å²) < 4.78 is 10.1. The average Bonchev–Trinajstić information content (AvgIpc) is 2.67. The topological polar surface area (TPSA) is 65.5 Å². The molecule has 0 saturated heterocycles. The highest BCUT2D eigenvalue weighted by Crippen LogP contribution is 2.63. The fourth-order valence-corrected chi connectivity index (χ4v) is 2.48. The van der Waals surface area contributed by atoms with Gasteiger partial charge in [-0.2, -0.15) is 0 Å². The molecule has 2 N–H and O–H groups in total. The number of carbonyl (C=O) groups excluding carboxylic acids is 1. The highest BCUT2D eigenvalue weighted by atomic mass is 16.5. The molecular formula is C12H17NO3. The first-order valence-electron chi connectivity index (χ1n) is 5.40. The fourth-order valence-electron chi connectivity index (χ4n) is 2.48. The molecule has 0 spiro atoms. The molecule has 1 fully saturated rings. The second kappa shape index (κ2) is 3.63. The van der Waals surface area contributed by atoms with Crippen LogP contribution in [0.1, 0.15) is 36.1 Å². The highest BCUT2D eigenvalue weighted by Gasteiger charge is 2.59. The van der Waals surface area contributed by atoms with Crippen molar-refractivity contribution in [1.29, 1.82) is 0 Å². The van der Waals surface area contributed by atoms with Gasteiger partial charge < -0.3 is 14.9 Å². The van der Waals surface area contributed by atoms with Crippen molar-refractivity contribution < 1.29 is 13.9 Å². The summed E-state index contributed by atoms with van der Waals surface area (Å²) in [5.74, 6) is 1.41. The van der Waals surface area contributed by atoms with Crippen molar-refractivity contribution in [2.75, 3.05) is 13.7 Å². The van der Waals surface area contributed by atoms with Gasteiger partial charge in [-0.15, -0.1) is 0 Å². The molecule has 88 valence electrons. The second-order valence-corrected chi connectivity index (χ2v) is 4.83. The number of rotatable bonds is 3. The summed E-state index contributed by atoms with van der Waals surface area (Å²) in [6.45, 7) is 4.97. The third-order valence-corrected chi connectivity index (χ3v) is 3.62. The summed E-state index contributed by atoms with van der Waals surface area (Å²) in [6.07, 6.45) is 0. The first-order chi connectivity index (χ1) is 7.52. The van der Waals surface area contributed by atoms with Crippen molar-refractivity contribution in [3.63, 3.8) is 0 Å². The zero-order chi connectivity index (χ0) is 11.9. The molecule has 0 amide bonds. The Morgan fingerprint density at radius 2 is 2.25 bits per heavy atom. The highest BCUT2D eigenvalue weighted by molar-refractivity contribution is 5.86. The van der Waals surface area contributed by atoms with Crippen LogP contribution in [0.15, 0.2) is 16.5 Å². The van der Waals surface area contributed by atoms with E-state index in [2.05, 4.69) is 18.6 Å². The molecule has 1 aromatic rings. The molecule has 4 heteroatoms. The van der Waals surface area contributed by atoms with Crippen LogP contribution in [0.4, 0.5) is 0 Å². The Morgan fingerprint density at radius 1 is 1.56 bits per heavy atom. The van der Waals surface area contributed by atoms with E-state index < -0.39 is 5.97 Å². The summed E-state index contributed by atoms with van der Waals surface area (Å²) in [4.78, 5) is 11.2. The number of hydrogen-bond donors (Lipinski definition) is 1. The maximum Gasteiger partial charge on any atom is 0.373 e. The van der Waals surface area contributed by atoms with Gasteiger partial charge in [0.1, 0.15) is 5.76 Å². The summed E-state index contributed by atoms with van der Waals surface area (Å²) in [6, 6.07) is 3.50. The number of hydrogen-bond acceptors (Lipinski definition) is 4. The van der Waals surface area contributed by atoms with Crippen LogP contribution < -0.4 is 5.73 Å². The lowest BCUT2D eigenvalue weighted by Gasteiger charge is -1.99. The lowest BCUT2D eigenvalue weighted by atomic mass is 10.1. The summed E-state index contributed by atoms with van der Waals surface area (Å²) in [7, 11) is 1.34. The van der Waals surface area contributed by atoms with Gasteiger partial charge in [0.25, 0.3) is 0 Å². The van der Waals surface area contributed by atoms with Crippen molar-refractivity contribution in [2.45, 2.75) is 19.8 Å². The Morgan fingerprint density at radius 3 is 2.75 bits per heavy atom. The van der Waals surface area contributed by atoms with Crippen LogP contribution in [0.5, 0.6) is 0 Å². The Hall–Kier alpha value is -1.29. The minimum absolute atomic E-state index is 0.167. The Balaban J connectivity index is 2.18. The van der Waals surface area contributed by atoms with E-state index in [1.54, 1.807) is 6.07 Å². The van der Waals surface area contributed by atoms with E-state index in [1.807, 2.05) is 6.07 Å². The van der Waals surface area contributed by atoms with Gasteiger partial charge in [0.2, 0.25) is 5.76 Å². The fraction of sp³-hybridized carbons (Fsp3) is 0.583. The largest absolute Gasteiger partial charge is 0.463 e. The maximum absolute atomic E-state index is 11.2. The predicted octanol–water partition coefficient (Wildman–Crippen LogP) is 1.76. The number of carbonyl (C=O) groups is 1. The monoisotopic (exact) mass is 223 g/mol. The van der Waals surface area contributed by atoms with E-state index in [0.717, 1.165) is 5.76 Å². The molecule has 2 rings (SSSR count). The molecule has 2 atom stereocenters. The van der Waals surface area contributed by atoms with Crippen LogP contribution in [-0.4, -0.2) is 19.6 Å². The van der Waals surface area contributed by atoms with Crippen LogP contribution in [0, 0.1) is 11.3 Å². The van der Waals surface area contributed by atoms with Crippen molar-refractivity contribution in [2.24, 2.45) is 17.1 Å². The Bertz CT molecular complexity index is 408. The molecule has 0 bridgehead atoms. The third kappa shape index (κ3) is 1.53. The number of esters is 1. The first-order valence-corrected chi connectivity index (χ1v) is 5.40. The summed E-state index contributed by atoms with van der Waals surface area (Å²) >= 11 is 0. The minimum Gasteiger partial charge on any atom is -0.463 e. The summed E-state index contributed by atoms with van der Waals surface area (Å²) in [5, 5.41) is 0. The number of ether oxygens (including phenoxy) is 1. The van der Waals surface area contributed by atoms with E-state index in [-0.39, 0.29) is 11.2 Å². The lowest BCUT2D eigenvalue weighted by Crippen LogP contribution is -2.05. The molecule has 1 aliphatic carbocycles. The molecule has 16 heavy (non-hydrogen) atoms. The summed E-state index contributed by atoms with van der Waals surface area (Å²) in [5.41, 5.74) is 5.86. The van der Waals surface area contributed by atoms with Crippen LogP contribution in [0.2, 0.25) is 0 Å². The third-order valence-electron chi connectivity index (χ3n) is 3.62. The van der Waals surface area contributed by atoms with Gasteiger partial charge in [-0.25, -0.2) is 4.79 Å². The lowest BCUT2D eigenvalue weighted by molar-refractivity contribution is 0.0562. The van der Waals surface area contributed by atoms with Crippen molar-refractivity contribution in [3.8, 4) is 0 Å². The zero-order valence-corrected chi connectivity index (χ0v) is 9.82. The molecular weight excluding hydrogens is 206 g/mol. The van der Waals surface area contributed by atoms with Crippen LogP contribution >= 0.6 is 0 Å². The van der Waals surface area contributed by atoms with Crippen molar-refractivity contribution >= 4 is 5.97 Å². The molecule has 0 radical (unpaired) electrons. The normalized spacial score (nSPS) is 26.5. The van der Waals surface area contributed by atoms with Gasteiger partial charge in [0, 0.05) is 5.92 Å². The van der Waals surface area contributed by atoms with E-state index in [4.69, 9.17) is 10.2 Å². The number of methoxy groups -OCH3 is 1. The smallest absolute Gasteiger partial charge is 0.373 e. The molecule has 0 aliphatic heterocycles. The molecule has 4 nitrogen and oxygen atoms in total. The number of nitrogens with two attached hydrogens (primary N) is 1. The van der Waals surface area contributed by atoms with Gasteiger partial charge in [-0.3, -0.25) is 0 Å². The molecule has 1 heterocycles. The minimum atomic E-state index is -0.436. The van der Waals surface area contributed by atoms with Crippen molar-refractivity contribution in [1.82, 2.24) is 0 Å². The van der Waals surface area contributed by atoms with Crippen LogP contribution in [0.3, 0.4) is 0 Å². The van der Waals surface area contributed by atoms with Crippen molar-refractivity contribution in [3.05, 3.63) is 23.7 Å². The average molecular weight is 223 g/mol. The molecule has 1 saturated carbocycles. The molecule has 0 unspecified atom stereocenters. The first kappa shape index (κ1) is 11.2. The van der Waals surface area contributed by atoms with E-state index in [0.29, 0.717) is 18.4 Å². The molecule has 0 aromatic carbocycles. The van der Waals surface area contributed by atoms with Gasteiger partial charge in [-0.05, 0) is 30.0 Å². The second-order valence-electron chi connectivity index (χ2n) is 4.83. The van der Waals surface area contributed by atoms with Gasteiger partial charge in [0.05, 0.1) is 7.11 Å². The van der Waals surface area contributed by atoms with Gasteiger partial charge >= 0.3 is 5.97 Å². The van der Waals surface area contributed by atoms with Gasteiger partial charge in [0.15, 0.2) is 0 Å². The van der Waals surface area contributed by atoms with Gasteiger partial charge in [-0.1, -0.05) is 13.8 Å². The quantitative estimate of drug-likeness (QED) is 0.793. The molecule has 1 aliphatic rings. The Labute approximate surface area is 94.8 Å². The zero-order valence-electron chi connectivity index (χ0n) is 9.82. The van der Waals surface area contributed by atoms with E-state index in [1.165, 1.54) is 7.11 Å². The predicted molar refractivity (Wildman–Crippen MR) is 59.1 cm³/mol. The maximum atomic E-state index is 11.2. The molecule has 1 aromatic heterocycles. The SMILES string of the molecule is COC(=O)c1ccc([C@@H]2[C@@H](CN)C2(C)C)o1. The standard InChI is InChI=1S/C12H17NO3/c1-12(2)7(6-13)10(12)8-4-5-9(16-8)11(14)15-3/h4-5,7,10H,6,13H2,1-3H3/t7-,10+/m1/s1. The van der Waals surface area contributed by atoms with E-state index in [9.17, 15) is 4.79 Å². The van der Waals surface area contributed by atoms with Crippen LogP contribution in [0.25, 0.3) is 0 Å². The number of furan rings is 1. The van der Waals surface area contributed by atoms with Crippen LogP contribution in [-0.2, 0) is 4.74 Å².